The Morgan fingerprint density at radius 2 is 1.62 bits per heavy atom. The molecule has 3 aromatic rings. The van der Waals surface area contributed by atoms with Gasteiger partial charge in [0.1, 0.15) is 5.75 Å². The highest BCUT2D eigenvalue weighted by Gasteiger charge is 2.18. The Kier molecular flexibility index (Phi) is 4.75. The standard InChI is InChI=1S/C14H19N9O/c1-3-21(4-2)9-10-22-13(15-17-19-22)14-16-18-20-23(14)11-5-7-12(24)8-6-11/h5-8,24H,3-4,9-10H2,1-2H3. The Bertz CT molecular complexity index is 776. The summed E-state index contributed by atoms with van der Waals surface area (Å²) in [7, 11) is 0. The van der Waals surface area contributed by atoms with E-state index in [1.165, 1.54) is 0 Å². The molecule has 0 saturated heterocycles. The first-order valence-electron chi connectivity index (χ1n) is 7.79. The van der Waals surface area contributed by atoms with Crippen LogP contribution in [0.15, 0.2) is 24.3 Å². The van der Waals surface area contributed by atoms with E-state index in [0.717, 1.165) is 19.6 Å². The number of rotatable bonds is 7. The second-order valence-corrected chi connectivity index (χ2v) is 5.18. The highest BCUT2D eigenvalue weighted by atomic mass is 16.3. The van der Waals surface area contributed by atoms with E-state index in [-0.39, 0.29) is 5.75 Å². The zero-order valence-electron chi connectivity index (χ0n) is 13.6. The second-order valence-electron chi connectivity index (χ2n) is 5.18. The van der Waals surface area contributed by atoms with Crippen LogP contribution in [0.2, 0.25) is 0 Å². The van der Waals surface area contributed by atoms with E-state index in [0.29, 0.717) is 23.9 Å². The molecule has 2 aromatic heterocycles. The van der Waals surface area contributed by atoms with Crippen molar-refractivity contribution in [3.63, 3.8) is 0 Å². The molecule has 0 radical (unpaired) electrons. The number of tetrazole rings is 2. The molecule has 0 unspecified atom stereocenters. The maximum absolute atomic E-state index is 9.42. The lowest BCUT2D eigenvalue weighted by molar-refractivity contribution is 0.284. The van der Waals surface area contributed by atoms with Gasteiger partial charge in [-0.2, -0.15) is 4.68 Å². The van der Waals surface area contributed by atoms with Crippen molar-refractivity contribution in [3.8, 4) is 23.1 Å². The van der Waals surface area contributed by atoms with E-state index in [1.807, 2.05) is 0 Å². The molecular formula is C14H19N9O. The quantitative estimate of drug-likeness (QED) is 0.661. The van der Waals surface area contributed by atoms with E-state index in [2.05, 4.69) is 49.8 Å². The summed E-state index contributed by atoms with van der Waals surface area (Å²) in [6, 6.07) is 6.59. The fraction of sp³-hybridized carbons (Fsp3) is 0.429. The lowest BCUT2D eigenvalue weighted by atomic mass is 10.3. The van der Waals surface area contributed by atoms with Crippen LogP contribution in [-0.2, 0) is 6.54 Å². The van der Waals surface area contributed by atoms with Gasteiger partial charge in [0.05, 0.1) is 12.2 Å². The molecule has 3 rings (SSSR count). The van der Waals surface area contributed by atoms with Crippen LogP contribution < -0.4 is 0 Å². The molecule has 0 amide bonds. The van der Waals surface area contributed by atoms with Crippen LogP contribution in [0.25, 0.3) is 17.3 Å². The molecule has 0 bridgehead atoms. The number of aromatic nitrogens is 8. The number of nitrogens with zero attached hydrogens (tertiary/aromatic N) is 9. The van der Waals surface area contributed by atoms with Crippen LogP contribution in [-0.4, -0.2) is 70.1 Å². The van der Waals surface area contributed by atoms with Crippen molar-refractivity contribution in [2.24, 2.45) is 0 Å². The molecule has 10 heteroatoms. The predicted octanol–water partition coefficient (Wildman–Crippen LogP) is 0.363. The van der Waals surface area contributed by atoms with Gasteiger partial charge >= 0.3 is 0 Å². The van der Waals surface area contributed by atoms with E-state index in [9.17, 15) is 5.11 Å². The van der Waals surface area contributed by atoms with Crippen molar-refractivity contribution < 1.29 is 5.11 Å². The Hall–Kier alpha value is -2.88. The molecule has 0 atom stereocenters. The maximum Gasteiger partial charge on any atom is 0.226 e. The topological polar surface area (TPSA) is 111 Å². The Labute approximate surface area is 138 Å². The van der Waals surface area contributed by atoms with Crippen molar-refractivity contribution in [3.05, 3.63) is 24.3 Å². The number of phenols is 1. The van der Waals surface area contributed by atoms with Gasteiger partial charge in [-0.05, 0) is 58.2 Å². The largest absolute Gasteiger partial charge is 0.508 e. The van der Waals surface area contributed by atoms with Crippen LogP contribution in [0.5, 0.6) is 5.75 Å². The molecule has 0 spiro atoms. The zero-order chi connectivity index (χ0) is 16.9. The van der Waals surface area contributed by atoms with Crippen LogP contribution in [0.4, 0.5) is 0 Å². The number of aromatic hydroxyl groups is 1. The molecule has 0 aliphatic rings. The van der Waals surface area contributed by atoms with Crippen molar-refractivity contribution in [1.29, 1.82) is 0 Å². The van der Waals surface area contributed by atoms with Gasteiger partial charge in [-0.3, -0.25) is 0 Å². The summed E-state index contributed by atoms with van der Waals surface area (Å²) in [5, 5.41) is 33.0. The van der Waals surface area contributed by atoms with E-state index >= 15 is 0 Å². The van der Waals surface area contributed by atoms with Gasteiger partial charge in [0.15, 0.2) is 0 Å². The number of benzene rings is 1. The molecule has 0 saturated carbocycles. The van der Waals surface area contributed by atoms with Gasteiger partial charge < -0.3 is 10.0 Å². The monoisotopic (exact) mass is 329 g/mol. The SMILES string of the molecule is CCN(CC)CCn1nnnc1-c1nnnn1-c1ccc(O)cc1. The van der Waals surface area contributed by atoms with Gasteiger partial charge in [-0.1, -0.05) is 13.8 Å². The molecule has 0 fully saturated rings. The highest BCUT2D eigenvalue weighted by Crippen LogP contribution is 2.18. The minimum Gasteiger partial charge on any atom is -0.508 e. The fourth-order valence-corrected chi connectivity index (χ4v) is 2.39. The van der Waals surface area contributed by atoms with Gasteiger partial charge in [-0.15, -0.1) is 10.2 Å². The number of hydrogen-bond acceptors (Lipinski definition) is 8. The summed E-state index contributed by atoms with van der Waals surface area (Å²) in [4.78, 5) is 2.29. The second kappa shape index (κ2) is 7.13. The number of likely N-dealkylation sites (N-methyl/N-ethyl adjacent to an activating group) is 1. The molecule has 1 aromatic carbocycles. The number of phenolic OH excluding ortho intramolecular Hbond substituents is 1. The zero-order valence-corrected chi connectivity index (χ0v) is 13.6. The van der Waals surface area contributed by atoms with E-state index in [1.54, 1.807) is 33.6 Å². The van der Waals surface area contributed by atoms with Gasteiger partial charge in [0.25, 0.3) is 0 Å². The summed E-state index contributed by atoms with van der Waals surface area (Å²) in [5.74, 6) is 1.13. The van der Waals surface area contributed by atoms with Crippen LogP contribution in [0, 0.1) is 0 Å². The first kappa shape index (κ1) is 16.0. The van der Waals surface area contributed by atoms with Crippen LogP contribution in [0.1, 0.15) is 13.8 Å². The fourth-order valence-electron chi connectivity index (χ4n) is 2.39. The smallest absolute Gasteiger partial charge is 0.226 e. The van der Waals surface area contributed by atoms with Crippen LogP contribution in [0.3, 0.4) is 0 Å². The highest BCUT2D eigenvalue weighted by molar-refractivity contribution is 5.48. The summed E-state index contributed by atoms with van der Waals surface area (Å²) in [6.45, 7) is 7.67. The molecule has 2 heterocycles. The molecular weight excluding hydrogens is 310 g/mol. The average molecular weight is 329 g/mol. The summed E-state index contributed by atoms with van der Waals surface area (Å²) < 4.78 is 3.24. The van der Waals surface area contributed by atoms with Crippen molar-refractivity contribution in [2.75, 3.05) is 19.6 Å². The number of hydrogen-bond donors (Lipinski definition) is 1. The normalized spacial score (nSPS) is 11.3. The minimum absolute atomic E-state index is 0.178. The van der Waals surface area contributed by atoms with Gasteiger partial charge in [0, 0.05) is 6.54 Å². The molecule has 0 aliphatic heterocycles. The summed E-state index contributed by atoms with van der Waals surface area (Å²) >= 11 is 0. The third-order valence-electron chi connectivity index (χ3n) is 3.82. The van der Waals surface area contributed by atoms with Crippen LogP contribution >= 0.6 is 0 Å². The average Bonchev–Trinajstić information content (AvgIpc) is 3.25. The minimum atomic E-state index is 0.178. The first-order chi connectivity index (χ1) is 11.7. The Balaban J connectivity index is 1.87. The summed E-state index contributed by atoms with van der Waals surface area (Å²) in [5.41, 5.74) is 0.714. The lowest BCUT2D eigenvalue weighted by Gasteiger charge is -2.17. The predicted molar refractivity (Wildman–Crippen MR) is 85.4 cm³/mol. The third kappa shape index (κ3) is 3.23. The third-order valence-corrected chi connectivity index (χ3v) is 3.82. The van der Waals surface area contributed by atoms with Crippen molar-refractivity contribution in [1.82, 2.24) is 45.3 Å². The van der Waals surface area contributed by atoms with E-state index < -0.39 is 0 Å². The Morgan fingerprint density at radius 1 is 0.958 bits per heavy atom. The molecule has 10 nitrogen and oxygen atoms in total. The Morgan fingerprint density at radius 3 is 2.33 bits per heavy atom. The lowest BCUT2D eigenvalue weighted by Crippen LogP contribution is -2.27. The molecule has 24 heavy (non-hydrogen) atoms. The van der Waals surface area contributed by atoms with Gasteiger partial charge in [0.2, 0.25) is 11.6 Å². The molecule has 126 valence electrons. The molecule has 0 aliphatic carbocycles. The van der Waals surface area contributed by atoms with Crippen molar-refractivity contribution >= 4 is 0 Å². The van der Waals surface area contributed by atoms with E-state index in [4.69, 9.17) is 0 Å². The first-order valence-corrected chi connectivity index (χ1v) is 7.79. The molecule has 1 N–H and O–H groups in total. The van der Waals surface area contributed by atoms with Crippen molar-refractivity contribution in [2.45, 2.75) is 20.4 Å². The summed E-state index contributed by atoms with van der Waals surface area (Å²) in [6.07, 6.45) is 0. The van der Waals surface area contributed by atoms with Gasteiger partial charge in [-0.25, -0.2) is 4.68 Å². The maximum atomic E-state index is 9.42.